The fraction of sp³-hybridized carbons (Fsp3) is 0.188. The summed E-state index contributed by atoms with van der Waals surface area (Å²) in [5, 5.41) is 6.78. The number of nitrogens with one attached hydrogen (secondary N) is 1. The van der Waals surface area contributed by atoms with Crippen LogP contribution in [0.5, 0.6) is 0 Å². The van der Waals surface area contributed by atoms with E-state index in [2.05, 4.69) is 27.8 Å². The normalized spacial score (nSPS) is 12.7. The summed E-state index contributed by atoms with van der Waals surface area (Å²) >= 11 is 1.71. The van der Waals surface area contributed by atoms with Gasteiger partial charge in [0.2, 0.25) is 0 Å². The van der Waals surface area contributed by atoms with Gasteiger partial charge in [0.05, 0.1) is 12.2 Å². The second kappa shape index (κ2) is 5.69. The monoisotopic (exact) mass is 286 g/mol. The molecule has 0 radical (unpaired) electrons. The molecule has 1 N–H and O–H groups in total. The van der Waals surface area contributed by atoms with Crippen molar-refractivity contribution in [3.8, 4) is 0 Å². The molecule has 0 fully saturated rings. The van der Waals surface area contributed by atoms with Crippen LogP contribution in [-0.2, 0) is 0 Å². The Labute approximate surface area is 121 Å². The van der Waals surface area contributed by atoms with Gasteiger partial charge in [-0.25, -0.2) is 4.39 Å². The van der Waals surface area contributed by atoms with Crippen LogP contribution in [0.3, 0.4) is 0 Å². The first-order valence-electron chi connectivity index (χ1n) is 6.59. The lowest BCUT2D eigenvalue weighted by molar-refractivity contribution is 0.598. The topological polar surface area (TPSA) is 24.9 Å². The Balaban J connectivity index is 2.11. The summed E-state index contributed by atoms with van der Waals surface area (Å²) in [6.07, 6.45) is 2.96. The molecule has 4 heteroatoms. The van der Waals surface area contributed by atoms with Crippen molar-refractivity contribution in [2.45, 2.75) is 13.0 Å². The predicted molar refractivity (Wildman–Crippen MR) is 81.5 cm³/mol. The van der Waals surface area contributed by atoms with Gasteiger partial charge in [-0.05, 0) is 40.6 Å². The Morgan fingerprint density at radius 3 is 2.95 bits per heavy atom. The summed E-state index contributed by atoms with van der Waals surface area (Å²) in [7, 11) is 0. The summed E-state index contributed by atoms with van der Waals surface area (Å²) in [6.45, 7) is 2.86. The van der Waals surface area contributed by atoms with E-state index in [4.69, 9.17) is 0 Å². The average molecular weight is 286 g/mol. The van der Waals surface area contributed by atoms with Crippen molar-refractivity contribution in [1.82, 2.24) is 10.3 Å². The molecule has 1 aromatic carbocycles. The third-order valence-corrected chi connectivity index (χ3v) is 4.27. The molecule has 2 aromatic heterocycles. The Hall–Kier alpha value is -1.78. The lowest BCUT2D eigenvalue weighted by Crippen LogP contribution is -2.22. The molecule has 0 saturated carbocycles. The first kappa shape index (κ1) is 13.2. The zero-order valence-corrected chi connectivity index (χ0v) is 12.0. The molecule has 0 aliphatic rings. The highest BCUT2D eigenvalue weighted by molar-refractivity contribution is 7.17. The second-order valence-corrected chi connectivity index (χ2v) is 5.53. The van der Waals surface area contributed by atoms with Crippen LogP contribution in [0, 0.1) is 5.82 Å². The van der Waals surface area contributed by atoms with E-state index in [9.17, 15) is 4.39 Å². The van der Waals surface area contributed by atoms with E-state index in [0.29, 0.717) is 0 Å². The standard InChI is InChI=1S/C16H15FN2S/c1-2-19-16(11-7-12(17)9-18-8-11)14-10-20-15-6-4-3-5-13(14)15/h3-10,16,19H,2H2,1H3. The summed E-state index contributed by atoms with van der Waals surface area (Å²) in [5.74, 6) is -0.301. The van der Waals surface area contributed by atoms with Crippen molar-refractivity contribution < 1.29 is 4.39 Å². The number of benzene rings is 1. The molecule has 0 saturated heterocycles. The highest BCUT2D eigenvalue weighted by Crippen LogP contribution is 2.33. The van der Waals surface area contributed by atoms with Crippen molar-refractivity contribution in [2.24, 2.45) is 0 Å². The molecule has 102 valence electrons. The summed E-state index contributed by atoms with van der Waals surface area (Å²) < 4.78 is 14.7. The van der Waals surface area contributed by atoms with Gasteiger partial charge in [-0.15, -0.1) is 11.3 Å². The van der Waals surface area contributed by atoms with Crippen molar-refractivity contribution in [3.63, 3.8) is 0 Å². The average Bonchev–Trinajstić information content (AvgIpc) is 2.88. The molecule has 3 aromatic rings. The quantitative estimate of drug-likeness (QED) is 0.780. The van der Waals surface area contributed by atoms with E-state index in [1.165, 1.54) is 21.8 Å². The molecule has 0 amide bonds. The van der Waals surface area contributed by atoms with Crippen LogP contribution in [0.1, 0.15) is 24.1 Å². The van der Waals surface area contributed by atoms with Crippen molar-refractivity contribution in [2.75, 3.05) is 6.54 Å². The smallest absolute Gasteiger partial charge is 0.141 e. The zero-order valence-electron chi connectivity index (χ0n) is 11.1. The maximum atomic E-state index is 13.4. The summed E-state index contributed by atoms with van der Waals surface area (Å²) in [5.41, 5.74) is 2.04. The van der Waals surface area contributed by atoms with E-state index in [0.717, 1.165) is 12.1 Å². The highest BCUT2D eigenvalue weighted by atomic mass is 32.1. The number of pyridine rings is 1. The molecule has 0 spiro atoms. The lowest BCUT2D eigenvalue weighted by atomic mass is 9.99. The van der Waals surface area contributed by atoms with E-state index in [-0.39, 0.29) is 11.9 Å². The molecule has 1 unspecified atom stereocenters. The Morgan fingerprint density at radius 2 is 2.15 bits per heavy atom. The maximum absolute atomic E-state index is 13.4. The largest absolute Gasteiger partial charge is 0.306 e. The zero-order chi connectivity index (χ0) is 13.9. The number of rotatable bonds is 4. The minimum Gasteiger partial charge on any atom is -0.306 e. The minimum absolute atomic E-state index is 0.0284. The molecular weight excluding hydrogens is 271 g/mol. The number of nitrogens with zero attached hydrogens (tertiary/aromatic N) is 1. The Bertz CT molecular complexity index is 723. The van der Waals surface area contributed by atoms with Crippen LogP contribution in [-0.4, -0.2) is 11.5 Å². The number of fused-ring (bicyclic) bond motifs is 1. The molecule has 1 atom stereocenters. The fourth-order valence-corrected chi connectivity index (χ4v) is 3.41. The lowest BCUT2D eigenvalue weighted by Gasteiger charge is -2.18. The van der Waals surface area contributed by atoms with Gasteiger partial charge in [0, 0.05) is 10.9 Å². The third kappa shape index (κ3) is 2.44. The van der Waals surface area contributed by atoms with Crippen LogP contribution >= 0.6 is 11.3 Å². The van der Waals surface area contributed by atoms with Gasteiger partial charge >= 0.3 is 0 Å². The molecule has 0 aliphatic carbocycles. The molecule has 2 heterocycles. The molecule has 0 aliphatic heterocycles. The van der Waals surface area contributed by atoms with Gasteiger partial charge in [-0.2, -0.15) is 0 Å². The van der Waals surface area contributed by atoms with Crippen LogP contribution < -0.4 is 5.32 Å². The second-order valence-electron chi connectivity index (χ2n) is 4.61. The molecule has 0 bridgehead atoms. The van der Waals surface area contributed by atoms with Crippen LogP contribution in [0.15, 0.2) is 48.1 Å². The van der Waals surface area contributed by atoms with E-state index >= 15 is 0 Å². The number of halogens is 1. The van der Waals surface area contributed by atoms with Crippen LogP contribution in [0.25, 0.3) is 10.1 Å². The Kier molecular flexibility index (Phi) is 3.76. The van der Waals surface area contributed by atoms with Gasteiger partial charge in [0.1, 0.15) is 5.82 Å². The van der Waals surface area contributed by atoms with Crippen molar-refractivity contribution in [3.05, 3.63) is 65.0 Å². The third-order valence-electron chi connectivity index (χ3n) is 3.29. The van der Waals surface area contributed by atoms with E-state index in [1.807, 2.05) is 19.1 Å². The minimum atomic E-state index is -0.301. The summed E-state index contributed by atoms with van der Waals surface area (Å²) in [6, 6.07) is 9.81. The maximum Gasteiger partial charge on any atom is 0.141 e. The molecule has 3 rings (SSSR count). The SMILES string of the molecule is CCNC(c1cncc(F)c1)c1csc2ccccc12. The summed E-state index contributed by atoms with van der Waals surface area (Å²) in [4.78, 5) is 3.97. The van der Waals surface area contributed by atoms with Crippen LogP contribution in [0.2, 0.25) is 0 Å². The highest BCUT2D eigenvalue weighted by Gasteiger charge is 2.17. The van der Waals surface area contributed by atoms with E-state index < -0.39 is 0 Å². The molecule has 2 nitrogen and oxygen atoms in total. The molecule has 20 heavy (non-hydrogen) atoms. The van der Waals surface area contributed by atoms with Gasteiger partial charge in [0.25, 0.3) is 0 Å². The predicted octanol–water partition coefficient (Wildman–Crippen LogP) is 4.13. The number of thiophene rings is 1. The van der Waals surface area contributed by atoms with Crippen LogP contribution in [0.4, 0.5) is 4.39 Å². The van der Waals surface area contributed by atoms with Gasteiger partial charge in [-0.1, -0.05) is 25.1 Å². The Morgan fingerprint density at radius 1 is 1.30 bits per heavy atom. The van der Waals surface area contributed by atoms with E-state index in [1.54, 1.807) is 23.6 Å². The van der Waals surface area contributed by atoms with Gasteiger partial charge < -0.3 is 5.32 Å². The fourth-order valence-electron chi connectivity index (χ4n) is 2.42. The number of hydrogen-bond acceptors (Lipinski definition) is 3. The van der Waals surface area contributed by atoms with Gasteiger partial charge in [-0.3, -0.25) is 4.98 Å². The first-order chi connectivity index (χ1) is 9.79. The van der Waals surface area contributed by atoms with Crippen molar-refractivity contribution in [1.29, 1.82) is 0 Å². The number of hydrogen-bond donors (Lipinski definition) is 1. The first-order valence-corrected chi connectivity index (χ1v) is 7.47. The number of aromatic nitrogens is 1. The molecular formula is C16H15FN2S. The van der Waals surface area contributed by atoms with Crippen molar-refractivity contribution >= 4 is 21.4 Å². The van der Waals surface area contributed by atoms with Gasteiger partial charge in [0.15, 0.2) is 0 Å².